The third-order valence-electron chi connectivity index (χ3n) is 6.59. The SMILES string of the molecule is Cc1ccccc1C1CC(c2ccccc2C)CC(c2ccccc2C)C1. The average molecular weight is 355 g/mol. The first-order valence-electron chi connectivity index (χ1n) is 10.3. The van der Waals surface area contributed by atoms with Gasteiger partial charge in [-0.1, -0.05) is 72.8 Å². The molecular formula is C27H30. The molecule has 1 fully saturated rings. The van der Waals surface area contributed by atoms with Gasteiger partial charge >= 0.3 is 0 Å². The van der Waals surface area contributed by atoms with Crippen molar-refractivity contribution in [3.05, 3.63) is 106 Å². The van der Waals surface area contributed by atoms with Crippen molar-refractivity contribution in [2.45, 2.75) is 57.8 Å². The van der Waals surface area contributed by atoms with Crippen LogP contribution in [0.4, 0.5) is 0 Å². The monoisotopic (exact) mass is 354 g/mol. The van der Waals surface area contributed by atoms with E-state index in [1.165, 1.54) is 36.0 Å². The van der Waals surface area contributed by atoms with Crippen molar-refractivity contribution in [2.75, 3.05) is 0 Å². The van der Waals surface area contributed by atoms with Crippen LogP contribution < -0.4 is 0 Å². The molecule has 0 bridgehead atoms. The summed E-state index contributed by atoms with van der Waals surface area (Å²) < 4.78 is 0. The molecule has 27 heavy (non-hydrogen) atoms. The van der Waals surface area contributed by atoms with E-state index < -0.39 is 0 Å². The maximum Gasteiger partial charge on any atom is -0.0148 e. The van der Waals surface area contributed by atoms with Gasteiger partial charge in [-0.2, -0.15) is 0 Å². The zero-order valence-electron chi connectivity index (χ0n) is 16.8. The van der Waals surface area contributed by atoms with Gasteiger partial charge in [-0.05, 0) is 91.2 Å². The minimum Gasteiger partial charge on any atom is -0.0620 e. The van der Waals surface area contributed by atoms with Crippen molar-refractivity contribution in [1.29, 1.82) is 0 Å². The van der Waals surface area contributed by atoms with Gasteiger partial charge in [0, 0.05) is 0 Å². The molecule has 1 aliphatic rings. The van der Waals surface area contributed by atoms with Crippen LogP contribution in [0.25, 0.3) is 0 Å². The van der Waals surface area contributed by atoms with Gasteiger partial charge in [-0.15, -0.1) is 0 Å². The van der Waals surface area contributed by atoms with Gasteiger partial charge in [0.25, 0.3) is 0 Å². The molecule has 3 aromatic rings. The van der Waals surface area contributed by atoms with Crippen molar-refractivity contribution >= 4 is 0 Å². The first kappa shape index (κ1) is 18.0. The summed E-state index contributed by atoms with van der Waals surface area (Å²) in [5, 5.41) is 0. The molecule has 0 N–H and O–H groups in total. The van der Waals surface area contributed by atoms with Crippen LogP contribution in [0.15, 0.2) is 72.8 Å². The normalized spacial score (nSPS) is 22.6. The minimum atomic E-state index is 0.633. The Morgan fingerprint density at radius 2 is 0.704 bits per heavy atom. The smallest absolute Gasteiger partial charge is 0.0148 e. The summed E-state index contributed by atoms with van der Waals surface area (Å²) in [4.78, 5) is 0. The van der Waals surface area contributed by atoms with Crippen molar-refractivity contribution in [3.8, 4) is 0 Å². The predicted octanol–water partition coefficient (Wildman–Crippen LogP) is 7.45. The Morgan fingerprint density at radius 1 is 0.444 bits per heavy atom. The largest absolute Gasteiger partial charge is 0.0620 e. The van der Waals surface area contributed by atoms with Crippen molar-refractivity contribution < 1.29 is 0 Å². The number of benzene rings is 3. The van der Waals surface area contributed by atoms with Gasteiger partial charge in [0.15, 0.2) is 0 Å². The van der Waals surface area contributed by atoms with Crippen LogP contribution >= 0.6 is 0 Å². The highest BCUT2D eigenvalue weighted by Gasteiger charge is 2.33. The van der Waals surface area contributed by atoms with E-state index in [1.54, 1.807) is 16.7 Å². The molecule has 0 atom stereocenters. The molecule has 0 radical (unpaired) electrons. The lowest BCUT2D eigenvalue weighted by molar-refractivity contribution is 0.349. The number of hydrogen-bond donors (Lipinski definition) is 0. The summed E-state index contributed by atoms with van der Waals surface area (Å²) in [6, 6.07) is 27.0. The fraction of sp³-hybridized carbons (Fsp3) is 0.333. The lowest BCUT2D eigenvalue weighted by Crippen LogP contribution is -2.21. The van der Waals surface area contributed by atoms with Crippen LogP contribution in [0, 0.1) is 20.8 Å². The summed E-state index contributed by atoms with van der Waals surface area (Å²) in [5.74, 6) is 1.90. The molecule has 0 heterocycles. The van der Waals surface area contributed by atoms with E-state index in [0.29, 0.717) is 17.8 Å². The van der Waals surface area contributed by atoms with E-state index in [0.717, 1.165) is 0 Å². The molecule has 0 saturated heterocycles. The zero-order chi connectivity index (χ0) is 18.8. The van der Waals surface area contributed by atoms with E-state index in [2.05, 4.69) is 93.6 Å². The van der Waals surface area contributed by atoms with Crippen LogP contribution in [-0.2, 0) is 0 Å². The highest BCUT2D eigenvalue weighted by Crippen LogP contribution is 2.49. The van der Waals surface area contributed by atoms with E-state index in [1.807, 2.05) is 0 Å². The van der Waals surface area contributed by atoms with Crippen LogP contribution in [-0.4, -0.2) is 0 Å². The van der Waals surface area contributed by atoms with Crippen molar-refractivity contribution in [1.82, 2.24) is 0 Å². The molecule has 1 saturated carbocycles. The Kier molecular flexibility index (Phi) is 5.16. The van der Waals surface area contributed by atoms with Gasteiger partial charge in [-0.3, -0.25) is 0 Å². The number of rotatable bonds is 3. The van der Waals surface area contributed by atoms with Gasteiger partial charge in [-0.25, -0.2) is 0 Å². The molecule has 3 aromatic carbocycles. The van der Waals surface area contributed by atoms with Crippen LogP contribution in [0.2, 0.25) is 0 Å². The van der Waals surface area contributed by atoms with Gasteiger partial charge in [0.05, 0.1) is 0 Å². The molecule has 0 amide bonds. The Balaban J connectivity index is 1.74. The maximum absolute atomic E-state index is 2.36. The third kappa shape index (κ3) is 3.72. The molecule has 0 heteroatoms. The number of hydrogen-bond acceptors (Lipinski definition) is 0. The molecule has 0 aromatic heterocycles. The molecule has 1 aliphatic carbocycles. The number of aryl methyl sites for hydroxylation is 3. The van der Waals surface area contributed by atoms with Gasteiger partial charge < -0.3 is 0 Å². The van der Waals surface area contributed by atoms with Crippen LogP contribution in [0.1, 0.15) is 70.4 Å². The summed E-state index contributed by atoms with van der Waals surface area (Å²) in [6.07, 6.45) is 3.79. The third-order valence-corrected chi connectivity index (χ3v) is 6.59. The first-order valence-corrected chi connectivity index (χ1v) is 10.3. The molecular weight excluding hydrogens is 324 g/mol. The lowest BCUT2D eigenvalue weighted by atomic mass is 9.67. The van der Waals surface area contributed by atoms with Crippen LogP contribution in [0.5, 0.6) is 0 Å². The van der Waals surface area contributed by atoms with Crippen LogP contribution in [0.3, 0.4) is 0 Å². The topological polar surface area (TPSA) is 0 Å². The second kappa shape index (κ2) is 7.72. The van der Waals surface area contributed by atoms with Crippen molar-refractivity contribution in [2.24, 2.45) is 0 Å². The Bertz CT molecular complexity index is 792. The highest BCUT2D eigenvalue weighted by molar-refractivity contribution is 5.37. The summed E-state index contributed by atoms with van der Waals surface area (Å²) in [7, 11) is 0. The summed E-state index contributed by atoms with van der Waals surface area (Å²) in [5.41, 5.74) is 8.97. The molecule has 0 spiro atoms. The molecule has 0 unspecified atom stereocenters. The average Bonchev–Trinajstić information content (AvgIpc) is 2.69. The minimum absolute atomic E-state index is 0.633. The highest BCUT2D eigenvalue weighted by atomic mass is 14.4. The van der Waals surface area contributed by atoms with Crippen molar-refractivity contribution in [3.63, 3.8) is 0 Å². The second-order valence-electron chi connectivity index (χ2n) is 8.37. The zero-order valence-corrected chi connectivity index (χ0v) is 16.8. The standard InChI is InChI=1S/C27H30/c1-19-10-4-7-13-25(19)22-16-23(26-14-8-5-11-20(26)2)18-24(17-22)27-15-9-6-12-21(27)3/h4-15,22-24H,16-18H2,1-3H3. The Labute approximate surface area is 164 Å². The second-order valence-corrected chi connectivity index (χ2v) is 8.37. The fourth-order valence-corrected chi connectivity index (χ4v) is 5.22. The lowest BCUT2D eigenvalue weighted by Gasteiger charge is -2.37. The molecule has 4 rings (SSSR count). The fourth-order valence-electron chi connectivity index (χ4n) is 5.22. The summed E-state index contributed by atoms with van der Waals surface area (Å²) in [6.45, 7) is 6.82. The van der Waals surface area contributed by atoms with E-state index in [9.17, 15) is 0 Å². The predicted molar refractivity (Wildman–Crippen MR) is 116 cm³/mol. The molecule has 138 valence electrons. The van der Waals surface area contributed by atoms with E-state index >= 15 is 0 Å². The Morgan fingerprint density at radius 3 is 0.963 bits per heavy atom. The molecule has 0 aliphatic heterocycles. The maximum atomic E-state index is 2.36. The summed E-state index contributed by atoms with van der Waals surface area (Å²) >= 11 is 0. The Hall–Kier alpha value is -2.34. The van der Waals surface area contributed by atoms with E-state index in [4.69, 9.17) is 0 Å². The molecule has 0 nitrogen and oxygen atoms in total. The van der Waals surface area contributed by atoms with Gasteiger partial charge in [0.2, 0.25) is 0 Å². The van der Waals surface area contributed by atoms with Gasteiger partial charge in [0.1, 0.15) is 0 Å². The first-order chi connectivity index (χ1) is 13.1. The quantitative estimate of drug-likeness (QED) is 0.458. The van der Waals surface area contributed by atoms with E-state index in [-0.39, 0.29) is 0 Å².